The average molecular weight is 432 g/mol. The van der Waals surface area contributed by atoms with Crippen molar-refractivity contribution in [1.82, 2.24) is 9.97 Å². The van der Waals surface area contributed by atoms with E-state index in [9.17, 15) is 5.26 Å². The van der Waals surface area contributed by atoms with Crippen LogP contribution in [0.15, 0.2) is 30.5 Å². The molecule has 0 aromatic carbocycles. The summed E-state index contributed by atoms with van der Waals surface area (Å²) in [5, 5.41) is 9.25. The molecule has 0 N–H and O–H groups in total. The van der Waals surface area contributed by atoms with Crippen molar-refractivity contribution < 1.29 is 0 Å². The van der Waals surface area contributed by atoms with Gasteiger partial charge in [-0.05, 0) is 72.9 Å². The lowest BCUT2D eigenvalue weighted by Crippen LogP contribution is -2.36. The molecule has 32 heavy (non-hydrogen) atoms. The summed E-state index contributed by atoms with van der Waals surface area (Å²) < 4.78 is 0. The zero-order valence-corrected chi connectivity index (χ0v) is 20.1. The Hall–Kier alpha value is -2.61. The van der Waals surface area contributed by atoms with Crippen molar-refractivity contribution in [3.8, 4) is 6.07 Å². The summed E-state index contributed by atoms with van der Waals surface area (Å²) in [6, 6.07) is 11.4. The molecule has 5 nitrogen and oxygen atoms in total. The number of pyridine rings is 2. The molecule has 170 valence electrons. The van der Waals surface area contributed by atoms with Gasteiger partial charge in [0.1, 0.15) is 11.6 Å². The van der Waals surface area contributed by atoms with Crippen LogP contribution in [0.3, 0.4) is 0 Å². The molecule has 4 rings (SSSR count). The van der Waals surface area contributed by atoms with Gasteiger partial charge in [-0.1, -0.05) is 27.7 Å². The molecule has 0 spiro atoms. The molecular weight excluding hydrogens is 394 g/mol. The quantitative estimate of drug-likeness (QED) is 0.594. The number of nitriles is 1. The third kappa shape index (κ3) is 5.06. The van der Waals surface area contributed by atoms with E-state index in [1.165, 1.54) is 23.2 Å². The Kier molecular flexibility index (Phi) is 6.98. The highest BCUT2D eigenvalue weighted by atomic mass is 15.2. The van der Waals surface area contributed by atoms with E-state index in [0.29, 0.717) is 17.8 Å². The molecule has 2 fully saturated rings. The zero-order chi connectivity index (χ0) is 22.7. The van der Waals surface area contributed by atoms with Crippen LogP contribution >= 0.6 is 0 Å². The Balaban J connectivity index is 1.57. The van der Waals surface area contributed by atoms with E-state index in [0.717, 1.165) is 57.1 Å². The fraction of sp³-hybridized carbons (Fsp3) is 0.593. The van der Waals surface area contributed by atoms with Gasteiger partial charge in [0.05, 0.1) is 6.07 Å². The summed E-state index contributed by atoms with van der Waals surface area (Å²) in [5.41, 5.74) is 3.93. The first-order valence-corrected chi connectivity index (χ1v) is 12.3. The second kappa shape index (κ2) is 9.90. The highest BCUT2D eigenvalue weighted by Crippen LogP contribution is 2.33. The number of piperidine rings is 2. The van der Waals surface area contributed by atoms with Gasteiger partial charge in [0.25, 0.3) is 0 Å². The highest BCUT2D eigenvalue weighted by molar-refractivity contribution is 5.47. The molecule has 0 bridgehead atoms. The van der Waals surface area contributed by atoms with E-state index in [1.807, 2.05) is 6.20 Å². The first kappa shape index (κ1) is 22.6. The lowest BCUT2D eigenvalue weighted by Gasteiger charge is -2.35. The molecule has 2 aromatic heterocycles. The van der Waals surface area contributed by atoms with Crippen molar-refractivity contribution >= 4 is 11.6 Å². The first-order valence-electron chi connectivity index (χ1n) is 12.3. The SMILES string of the molecule is CC(C)c1ccnc(N2CCCC(c3cc(C(C)C)cc(N4CCC(C#N)CC4)n3)C2)c1. The van der Waals surface area contributed by atoms with Crippen molar-refractivity contribution in [3.63, 3.8) is 0 Å². The zero-order valence-electron chi connectivity index (χ0n) is 20.1. The van der Waals surface area contributed by atoms with Gasteiger partial charge in [-0.25, -0.2) is 9.97 Å². The normalized spacial score (nSPS) is 20.1. The van der Waals surface area contributed by atoms with Crippen LogP contribution in [0.25, 0.3) is 0 Å². The number of rotatable bonds is 5. The van der Waals surface area contributed by atoms with Crippen molar-refractivity contribution in [2.75, 3.05) is 36.0 Å². The van der Waals surface area contributed by atoms with Crippen LogP contribution < -0.4 is 9.80 Å². The summed E-state index contributed by atoms with van der Waals surface area (Å²) in [4.78, 5) is 14.7. The van der Waals surface area contributed by atoms with Crippen LogP contribution in [0.5, 0.6) is 0 Å². The van der Waals surface area contributed by atoms with E-state index < -0.39 is 0 Å². The maximum Gasteiger partial charge on any atom is 0.129 e. The Morgan fingerprint density at radius 3 is 2.31 bits per heavy atom. The molecule has 0 aliphatic carbocycles. The molecule has 0 saturated carbocycles. The Labute approximate surface area is 193 Å². The standard InChI is InChI=1S/C27H37N5/c1-19(2)22-7-10-29-26(15-22)32-11-5-6-23(18-32)25-14-24(20(3)4)16-27(30-25)31-12-8-21(17-28)9-13-31/h7,10,14-16,19-21,23H,5-6,8-9,11-13,18H2,1-4H3. The number of anilines is 2. The summed E-state index contributed by atoms with van der Waals surface area (Å²) in [6.45, 7) is 12.9. The molecule has 2 aliphatic rings. The Morgan fingerprint density at radius 1 is 0.906 bits per heavy atom. The largest absolute Gasteiger partial charge is 0.357 e. The van der Waals surface area contributed by atoms with E-state index in [1.54, 1.807) is 0 Å². The smallest absolute Gasteiger partial charge is 0.129 e. The average Bonchev–Trinajstić information content (AvgIpc) is 2.84. The van der Waals surface area contributed by atoms with Crippen LogP contribution in [0.4, 0.5) is 11.6 Å². The lowest BCUT2D eigenvalue weighted by atomic mass is 9.91. The van der Waals surface area contributed by atoms with Crippen molar-refractivity contribution in [2.45, 2.75) is 71.1 Å². The van der Waals surface area contributed by atoms with Crippen LogP contribution in [0.2, 0.25) is 0 Å². The maximum atomic E-state index is 9.25. The maximum absolute atomic E-state index is 9.25. The number of hydrogen-bond donors (Lipinski definition) is 0. The van der Waals surface area contributed by atoms with Crippen LogP contribution in [0, 0.1) is 17.2 Å². The van der Waals surface area contributed by atoms with Gasteiger partial charge in [-0.2, -0.15) is 5.26 Å². The lowest BCUT2D eigenvalue weighted by molar-refractivity contribution is 0.479. The van der Waals surface area contributed by atoms with Gasteiger partial charge in [0.2, 0.25) is 0 Å². The van der Waals surface area contributed by atoms with E-state index >= 15 is 0 Å². The number of nitrogens with zero attached hydrogens (tertiary/aromatic N) is 5. The van der Waals surface area contributed by atoms with E-state index in [2.05, 4.69) is 67.8 Å². The van der Waals surface area contributed by atoms with Crippen LogP contribution in [0.1, 0.15) is 88.0 Å². The molecule has 1 atom stereocenters. The van der Waals surface area contributed by atoms with Crippen molar-refractivity contribution in [2.24, 2.45) is 5.92 Å². The molecule has 2 aliphatic heterocycles. The second-order valence-corrected chi connectivity index (χ2v) is 10.1. The third-order valence-electron chi connectivity index (χ3n) is 7.12. The van der Waals surface area contributed by atoms with Gasteiger partial charge in [-0.3, -0.25) is 0 Å². The minimum absolute atomic E-state index is 0.194. The van der Waals surface area contributed by atoms with Crippen LogP contribution in [-0.2, 0) is 0 Å². The molecule has 2 aromatic rings. The topological polar surface area (TPSA) is 56.1 Å². The molecular formula is C27H37N5. The summed E-state index contributed by atoms with van der Waals surface area (Å²) in [6.07, 6.45) is 6.16. The molecule has 4 heterocycles. The molecule has 1 unspecified atom stereocenters. The Bertz CT molecular complexity index is 953. The van der Waals surface area contributed by atoms with E-state index in [-0.39, 0.29) is 5.92 Å². The molecule has 2 saturated heterocycles. The van der Waals surface area contributed by atoms with E-state index in [4.69, 9.17) is 9.97 Å². The number of hydrogen-bond acceptors (Lipinski definition) is 5. The summed E-state index contributed by atoms with van der Waals surface area (Å²) >= 11 is 0. The minimum atomic E-state index is 0.194. The fourth-order valence-corrected chi connectivity index (χ4v) is 4.89. The highest BCUT2D eigenvalue weighted by Gasteiger charge is 2.26. The summed E-state index contributed by atoms with van der Waals surface area (Å²) in [7, 11) is 0. The van der Waals surface area contributed by atoms with Gasteiger partial charge in [0, 0.05) is 49.9 Å². The second-order valence-electron chi connectivity index (χ2n) is 10.1. The van der Waals surface area contributed by atoms with Crippen molar-refractivity contribution in [1.29, 1.82) is 5.26 Å². The predicted octanol–water partition coefficient (Wildman–Crippen LogP) is 5.85. The molecule has 5 heteroatoms. The van der Waals surface area contributed by atoms with Gasteiger partial charge < -0.3 is 9.80 Å². The minimum Gasteiger partial charge on any atom is -0.357 e. The Morgan fingerprint density at radius 2 is 1.62 bits per heavy atom. The van der Waals surface area contributed by atoms with Crippen LogP contribution in [-0.4, -0.2) is 36.1 Å². The first-order chi connectivity index (χ1) is 15.4. The van der Waals surface area contributed by atoms with Gasteiger partial charge >= 0.3 is 0 Å². The fourth-order valence-electron chi connectivity index (χ4n) is 4.89. The van der Waals surface area contributed by atoms with Crippen molar-refractivity contribution in [3.05, 3.63) is 47.3 Å². The monoisotopic (exact) mass is 431 g/mol. The molecule has 0 radical (unpaired) electrons. The van der Waals surface area contributed by atoms with Gasteiger partial charge in [0.15, 0.2) is 0 Å². The summed E-state index contributed by atoms with van der Waals surface area (Å²) in [5.74, 6) is 3.78. The predicted molar refractivity (Wildman–Crippen MR) is 131 cm³/mol. The molecule has 0 amide bonds. The van der Waals surface area contributed by atoms with Gasteiger partial charge in [-0.15, -0.1) is 0 Å². The number of aromatic nitrogens is 2. The third-order valence-corrected chi connectivity index (χ3v) is 7.12.